The molecular formula is C18H18N4OS. The summed E-state index contributed by atoms with van der Waals surface area (Å²) in [6.45, 7) is 2.40. The van der Waals surface area contributed by atoms with Crippen LogP contribution in [0.25, 0.3) is 5.82 Å². The highest BCUT2D eigenvalue weighted by molar-refractivity contribution is 7.98. The van der Waals surface area contributed by atoms with E-state index in [0.29, 0.717) is 12.1 Å². The van der Waals surface area contributed by atoms with Gasteiger partial charge in [-0.15, -0.1) is 11.8 Å². The van der Waals surface area contributed by atoms with Crippen molar-refractivity contribution < 1.29 is 4.79 Å². The van der Waals surface area contributed by atoms with Crippen molar-refractivity contribution in [2.45, 2.75) is 18.4 Å². The average molecular weight is 338 g/mol. The fourth-order valence-electron chi connectivity index (χ4n) is 2.36. The summed E-state index contributed by atoms with van der Waals surface area (Å²) in [6, 6.07) is 9.76. The minimum Gasteiger partial charge on any atom is -0.348 e. The van der Waals surface area contributed by atoms with Gasteiger partial charge < -0.3 is 5.32 Å². The Morgan fingerprint density at radius 2 is 2.12 bits per heavy atom. The number of hydrogen-bond acceptors (Lipinski definition) is 4. The number of hydrogen-bond donors (Lipinski definition) is 1. The number of nitrogens with zero attached hydrogens (tertiary/aromatic N) is 3. The van der Waals surface area contributed by atoms with Gasteiger partial charge in [0.2, 0.25) is 0 Å². The third-order valence-corrected chi connectivity index (χ3v) is 4.45. The maximum absolute atomic E-state index is 12.5. The van der Waals surface area contributed by atoms with E-state index >= 15 is 0 Å². The number of rotatable bonds is 5. The van der Waals surface area contributed by atoms with Gasteiger partial charge in [-0.3, -0.25) is 9.36 Å². The first-order chi connectivity index (χ1) is 11.7. The van der Waals surface area contributed by atoms with Gasteiger partial charge in [-0.05, 0) is 48.6 Å². The van der Waals surface area contributed by atoms with E-state index in [0.717, 1.165) is 21.8 Å². The van der Waals surface area contributed by atoms with Crippen LogP contribution in [0.2, 0.25) is 0 Å². The van der Waals surface area contributed by atoms with E-state index in [9.17, 15) is 4.79 Å². The van der Waals surface area contributed by atoms with Crippen LogP contribution >= 0.6 is 11.8 Å². The second-order valence-corrected chi connectivity index (χ2v) is 6.24. The Morgan fingerprint density at radius 1 is 1.25 bits per heavy atom. The summed E-state index contributed by atoms with van der Waals surface area (Å²) in [7, 11) is 0. The lowest BCUT2D eigenvalue weighted by Crippen LogP contribution is -2.23. The van der Waals surface area contributed by atoms with Crippen LogP contribution in [0, 0.1) is 6.92 Å². The van der Waals surface area contributed by atoms with Crippen LogP contribution in [-0.4, -0.2) is 26.7 Å². The summed E-state index contributed by atoms with van der Waals surface area (Å²) >= 11 is 1.63. The molecule has 1 aromatic carbocycles. The Balaban J connectivity index is 1.72. The SMILES string of the molecule is CSc1ccc(C)c(C(=O)NCc2ccnc(-n3ccnc3)c2)c1. The predicted octanol–water partition coefficient (Wildman–Crippen LogP) is 3.23. The number of carbonyl (C=O) groups is 1. The smallest absolute Gasteiger partial charge is 0.251 e. The Hall–Kier alpha value is -2.60. The van der Waals surface area contributed by atoms with E-state index in [2.05, 4.69) is 15.3 Å². The number of carbonyl (C=O) groups excluding carboxylic acids is 1. The zero-order valence-electron chi connectivity index (χ0n) is 13.6. The first-order valence-corrected chi connectivity index (χ1v) is 8.76. The number of aromatic nitrogens is 3. The Morgan fingerprint density at radius 3 is 2.88 bits per heavy atom. The molecule has 2 heterocycles. The van der Waals surface area contributed by atoms with Crippen LogP contribution < -0.4 is 5.32 Å². The Labute approximate surface area is 145 Å². The average Bonchev–Trinajstić information content (AvgIpc) is 3.15. The number of benzene rings is 1. The van der Waals surface area contributed by atoms with Crippen molar-refractivity contribution in [3.05, 3.63) is 71.9 Å². The molecule has 5 nitrogen and oxygen atoms in total. The molecule has 0 radical (unpaired) electrons. The summed E-state index contributed by atoms with van der Waals surface area (Å²) in [5.74, 6) is 0.712. The molecule has 0 spiro atoms. The van der Waals surface area contributed by atoms with Gasteiger partial charge in [-0.1, -0.05) is 6.07 Å². The number of imidazole rings is 1. The van der Waals surface area contributed by atoms with Gasteiger partial charge in [-0.2, -0.15) is 0 Å². The number of nitrogens with one attached hydrogen (secondary N) is 1. The second kappa shape index (κ2) is 7.31. The van der Waals surface area contributed by atoms with Crippen molar-refractivity contribution in [3.63, 3.8) is 0 Å². The second-order valence-electron chi connectivity index (χ2n) is 5.36. The van der Waals surface area contributed by atoms with Crippen LogP contribution in [0.3, 0.4) is 0 Å². The molecule has 6 heteroatoms. The Kier molecular flexibility index (Phi) is 4.96. The minimum absolute atomic E-state index is 0.0654. The van der Waals surface area contributed by atoms with E-state index in [1.807, 2.05) is 54.3 Å². The van der Waals surface area contributed by atoms with E-state index in [4.69, 9.17) is 0 Å². The first kappa shape index (κ1) is 16.3. The van der Waals surface area contributed by atoms with Crippen LogP contribution in [-0.2, 0) is 6.54 Å². The van der Waals surface area contributed by atoms with Crippen molar-refractivity contribution in [1.29, 1.82) is 0 Å². The summed E-state index contributed by atoms with van der Waals surface area (Å²) in [6.07, 6.45) is 8.97. The van der Waals surface area contributed by atoms with Crippen LogP contribution in [0.1, 0.15) is 21.5 Å². The van der Waals surface area contributed by atoms with Gasteiger partial charge in [0, 0.05) is 35.6 Å². The topological polar surface area (TPSA) is 59.8 Å². The van der Waals surface area contributed by atoms with Crippen molar-refractivity contribution in [2.75, 3.05) is 6.26 Å². The summed E-state index contributed by atoms with van der Waals surface area (Å²) < 4.78 is 1.83. The maximum atomic E-state index is 12.5. The fourth-order valence-corrected chi connectivity index (χ4v) is 2.80. The lowest BCUT2D eigenvalue weighted by atomic mass is 10.1. The van der Waals surface area contributed by atoms with Gasteiger partial charge in [0.05, 0.1) is 0 Å². The highest BCUT2D eigenvalue weighted by Gasteiger charge is 2.10. The van der Waals surface area contributed by atoms with E-state index < -0.39 is 0 Å². The molecule has 122 valence electrons. The van der Waals surface area contributed by atoms with Gasteiger partial charge in [0.15, 0.2) is 0 Å². The quantitative estimate of drug-likeness (QED) is 0.726. The van der Waals surface area contributed by atoms with Crippen molar-refractivity contribution >= 4 is 17.7 Å². The predicted molar refractivity (Wildman–Crippen MR) is 95.5 cm³/mol. The normalized spacial score (nSPS) is 10.6. The summed E-state index contributed by atoms with van der Waals surface area (Å²) in [5.41, 5.74) is 2.67. The van der Waals surface area contributed by atoms with Gasteiger partial charge >= 0.3 is 0 Å². The van der Waals surface area contributed by atoms with E-state index in [1.54, 1.807) is 30.5 Å². The zero-order chi connectivity index (χ0) is 16.9. The highest BCUT2D eigenvalue weighted by Crippen LogP contribution is 2.19. The zero-order valence-corrected chi connectivity index (χ0v) is 14.4. The van der Waals surface area contributed by atoms with Crippen molar-refractivity contribution in [3.8, 4) is 5.82 Å². The number of amides is 1. The van der Waals surface area contributed by atoms with Crippen LogP contribution in [0.4, 0.5) is 0 Å². The Bertz CT molecular complexity index is 846. The molecule has 0 fully saturated rings. The lowest BCUT2D eigenvalue weighted by Gasteiger charge is -2.10. The third kappa shape index (κ3) is 3.65. The molecule has 1 amide bonds. The van der Waals surface area contributed by atoms with Gasteiger partial charge in [0.1, 0.15) is 12.1 Å². The molecule has 0 atom stereocenters. The molecule has 0 aliphatic heterocycles. The lowest BCUT2D eigenvalue weighted by molar-refractivity contribution is 0.0950. The molecule has 3 rings (SSSR count). The number of pyridine rings is 1. The molecule has 0 unspecified atom stereocenters. The number of aryl methyl sites for hydroxylation is 1. The number of thioether (sulfide) groups is 1. The molecular weight excluding hydrogens is 320 g/mol. The third-order valence-electron chi connectivity index (χ3n) is 3.72. The molecule has 0 saturated carbocycles. The van der Waals surface area contributed by atoms with E-state index in [-0.39, 0.29) is 5.91 Å². The van der Waals surface area contributed by atoms with Crippen molar-refractivity contribution in [1.82, 2.24) is 19.9 Å². The molecule has 3 aromatic rings. The molecule has 0 bridgehead atoms. The van der Waals surface area contributed by atoms with Crippen LogP contribution in [0.5, 0.6) is 0 Å². The molecule has 0 saturated heterocycles. The molecule has 1 N–H and O–H groups in total. The van der Waals surface area contributed by atoms with Gasteiger partial charge in [-0.25, -0.2) is 9.97 Å². The standard InChI is InChI=1S/C18H18N4OS/c1-13-3-4-15(24-2)10-16(13)18(23)21-11-14-5-6-20-17(9-14)22-8-7-19-12-22/h3-10,12H,11H2,1-2H3,(H,21,23). The molecule has 0 aliphatic rings. The first-order valence-electron chi connectivity index (χ1n) is 7.53. The van der Waals surface area contributed by atoms with Crippen LogP contribution in [0.15, 0.2) is 60.1 Å². The highest BCUT2D eigenvalue weighted by atomic mass is 32.2. The molecule has 0 aliphatic carbocycles. The largest absolute Gasteiger partial charge is 0.348 e. The summed E-state index contributed by atoms with van der Waals surface area (Å²) in [4.78, 5) is 21.9. The summed E-state index contributed by atoms with van der Waals surface area (Å²) in [5, 5.41) is 2.98. The monoisotopic (exact) mass is 338 g/mol. The van der Waals surface area contributed by atoms with Crippen molar-refractivity contribution in [2.24, 2.45) is 0 Å². The van der Waals surface area contributed by atoms with Gasteiger partial charge in [0.25, 0.3) is 5.91 Å². The van der Waals surface area contributed by atoms with E-state index in [1.165, 1.54) is 0 Å². The molecule has 24 heavy (non-hydrogen) atoms. The fraction of sp³-hybridized carbons (Fsp3) is 0.167. The molecule has 2 aromatic heterocycles. The maximum Gasteiger partial charge on any atom is 0.251 e. The minimum atomic E-state index is -0.0654.